The van der Waals surface area contributed by atoms with Gasteiger partial charge in [0.25, 0.3) is 0 Å². The van der Waals surface area contributed by atoms with E-state index in [1.54, 1.807) is 19.1 Å². The zero-order chi connectivity index (χ0) is 15.1. The van der Waals surface area contributed by atoms with Gasteiger partial charge in [-0.1, -0.05) is 13.8 Å². The van der Waals surface area contributed by atoms with Crippen molar-refractivity contribution in [2.45, 2.75) is 46.6 Å². The number of nitrogens with one attached hydrogen (secondary N) is 1. The van der Waals surface area contributed by atoms with E-state index >= 15 is 0 Å². The van der Waals surface area contributed by atoms with Gasteiger partial charge >= 0.3 is 5.97 Å². The molecule has 20 heavy (non-hydrogen) atoms. The topological polar surface area (TPSA) is 64.3 Å². The molecule has 0 fully saturated rings. The summed E-state index contributed by atoms with van der Waals surface area (Å²) >= 11 is 0. The average Bonchev–Trinajstić information content (AvgIpc) is 2.39. The quantitative estimate of drug-likeness (QED) is 0.590. The number of carbonyl (C=O) groups excluding carboxylic acids is 1. The summed E-state index contributed by atoms with van der Waals surface area (Å²) in [6.45, 7) is 8.73. The molecule has 0 spiro atoms. The first-order valence-corrected chi connectivity index (χ1v) is 7.27. The molecular weight excluding hydrogens is 252 g/mol. The standard InChI is InChI=1S/C16H26N2O2/c1-5-20-16(19)13-8-9-15(14(17)10-13)18-12(4)7-6-11(2)3/h8-12,18H,5-7,17H2,1-4H3. The third-order valence-electron chi connectivity index (χ3n) is 3.14. The summed E-state index contributed by atoms with van der Waals surface area (Å²) in [5.41, 5.74) is 7.93. The number of ether oxygens (including phenoxy) is 1. The molecule has 1 atom stereocenters. The number of benzene rings is 1. The molecule has 0 aromatic heterocycles. The van der Waals surface area contributed by atoms with Gasteiger partial charge in [-0.25, -0.2) is 4.79 Å². The molecule has 3 N–H and O–H groups in total. The summed E-state index contributed by atoms with van der Waals surface area (Å²) in [5.74, 6) is 0.362. The highest BCUT2D eigenvalue weighted by Gasteiger charge is 2.10. The van der Waals surface area contributed by atoms with E-state index in [-0.39, 0.29) is 5.97 Å². The van der Waals surface area contributed by atoms with Gasteiger partial charge in [-0.05, 0) is 50.8 Å². The Bertz CT molecular complexity index is 444. The van der Waals surface area contributed by atoms with Crippen LogP contribution in [0.4, 0.5) is 11.4 Å². The number of nitrogens with two attached hydrogens (primary N) is 1. The second-order valence-electron chi connectivity index (χ2n) is 5.54. The summed E-state index contributed by atoms with van der Waals surface area (Å²) in [6.07, 6.45) is 2.27. The van der Waals surface area contributed by atoms with E-state index in [0.29, 0.717) is 29.8 Å². The number of anilines is 2. The van der Waals surface area contributed by atoms with Crippen molar-refractivity contribution in [1.29, 1.82) is 0 Å². The summed E-state index contributed by atoms with van der Waals surface area (Å²) in [4.78, 5) is 11.6. The van der Waals surface area contributed by atoms with Crippen LogP contribution in [0.15, 0.2) is 18.2 Å². The second-order valence-corrected chi connectivity index (χ2v) is 5.54. The SMILES string of the molecule is CCOC(=O)c1ccc(NC(C)CCC(C)C)c(N)c1. The van der Waals surface area contributed by atoms with Gasteiger partial charge in [-0.2, -0.15) is 0 Å². The largest absolute Gasteiger partial charge is 0.462 e. The molecule has 4 nitrogen and oxygen atoms in total. The minimum absolute atomic E-state index is 0.335. The minimum Gasteiger partial charge on any atom is -0.462 e. The van der Waals surface area contributed by atoms with Crippen molar-refractivity contribution in [2.24, 2.45) is 5.92 Å². The highest BCUT2D eigenvalue weighted by atomic mass is 16.5. The fourth-order valence-corrected chi connectivity index (χ4v) is 1.96. The monoisotopic (exact) mass is 278 g/mol. The van der Waals surface area contributed by atoms with Gasteiger partial charge in [0.05, 0.1) is 23.5 Å². The van der Waals surface area contributed by atoms with Crippen molar-refractivity contribution in [3.05, 3.63) is 23.8 Å². The third-order valence-corrected chi connectivity index (χ3v) is 3.14. The van der Waals surface area contributed by atoms with Crippen molar-refractivity contribution in [3.8, 4) is 0 Å². The van der Waals surface area contributed by atoms with Crippen LogP contribution < -0.4 is 11.1 Å². The molecule has 0 radical (unpaired) electrons. The molecule has 112 valence electrons. The predicted octanol–water partition coefficient (Wildman–Crippen LogP) is 3.68. The summed E-state index contributed by atoms with van der Waals surface area (Å²) in [6, 6.07) is 5.60. The predicted molar refractivity (Wildman–Crippen MR) is 84.0 cm³/mol. The molecule has 4 heteroatoms. The van der Waals surface area contributed by atoms with Gasteiger partial charge in [0.2, 0.25) is 0 Å². The zero-order valence-electron chi connectivity index (χ0n) is 12.9. The van der Waals surface area contributed by atoms with Gasteiger partial charge in [0.1, 0.15) is 0 Å². The van der Waals surface area contributed by atoms with Gasteiger partial charge in [-0.3, -0.25) is 0 Å². The van der Waals surface area contributed by atoms with Crippen LogP contribution in [0.25, 0.3) is 0 Å². The average molecular weight is 278 g/mol. The smallest absolute Gasteiger partial charge is 0.338 e. The van der Waals surface area contributed by atoms with Crippen LogP contribution in [-0.2, 0) is 4.74 Å². The van der Waals surface area contributed by atoms with Crippen LogP contribution in [0.3, 0.4) is 0 Å². The summed E-state index contributed by atoms with van der Waals surface area (Å²) in [5, 5.41) is 3.39. The molecular formula is C16H26N2O2. The zero-order valence-corrected chi connectivity index (χ0v) is 12.9. The lowest BCUT2D eigenvalue weighted by molar-refractivity contribution is 0.0526. The number of nitrogen functional groups attached to an aromatic ring is 1. The number of hydrogen-bond acceptors (Lipinski definition) is 4. The Labute approximate surface area is 121 Å². The molecule has 1 unspecified atom stereocenters. The molecule has 0 aliphatic carbocycles. The van der Waals surface area contributed by atoms with Crippen LogP contribution in [0.2, 0.25) is 0 Å². The van der Waals surface area contributed by atoms with E-state index in [0.717, 1.165) is 12.1 Å². The Kier molecular flexibility index (Phi) is 6.36. The lowest BCUT2D eigenvalue weighted by Crippen LogP contribution is -2.17. The van der Waals surface area contributed by atoms with Crippen molar-refractivity contribution < 1.29 is 9.53 Å². The van der Waals surface area contributed by atoms with E-state index in [1.807, 2.05) is 6.07 Å². The first kappa shape index (κ1) is 16.3. The van der Waals surface area contributed by atoms with Crippen LogP contribution >= 0.6 is 0 Å². The Balaban J connectivity index is 2.66. The maximum absolute atomic E-state index is 11.6. The number of esters is 1. The van der Waals surface area contributed by atoms with Gasteiger partial charge in [-0.15, -0.1) is 0 Å². The van der Waals surface area contributed by atoms with Crippen molar-refractivity contribution in [3.63, 3.8) is 0 Å². The van der Waals surface area contributed by atoms with Crippen molar-refractivity contribution in [1.82, 2.24) is 0 Å². The van der Waals surface area contributed by atoms with E-state index in [9.17, 15) is 4.79 Å². The number of carbonyl (C=O) groups is 1. The van der Waals surface area contributed by atoms with Crippen LogP contribution in [0.5, 0.6) is 0 Å². The Morgan fingerprint density at radius 3 is 2.55 bits per heavy atom. The Morgan fingerprint density at radius 1 is 1.30 bits per heavy atom. The first-order valence-electron chi connectivity index (χ1n) is 7.27. The van der Waals surface area contributed by atoms with E-state index in [1.165, 1.54) is 6.42 Å². The maximum atomic E-state index is 11.6. The van der Waals surface area contributed by atoms with Crippen LogP contribution in [0, 0.1) is 5.92 Å². The molecule has 0 amide bonds. The molecule has 0 heterocycles. The molecule has 0 aliphatic heterocycles. The molecule has 1 aromatic carbocycles. The fourth-order valence-electron chi connectivity index (χ4n) is 1.96. The lowest BCUT2D eigenvalue weighted by atomic mass is 10.0. The normalized spacial score (nSPS) is 12.2. The molecule has 1 aromatic rings. The molecule has 0 bridgehead atoms. The number of rotatable bonds is 7. The third kappa shape index (κ3) is 5.11. The van der Waals surface area contributed by atoms with E-state index in [2.05, 4.69) is 26.1 Å². The Morgan fingerprint density at radius 2 is 2.00 bits per heavy atom. The Hall–Kier alpha value is -1.71. The van der Waals surface area contributed by atoms with E-state index in [4.69, 9.17) is 10.5 Å². The highest BCUT2D eigenvalue weighted by molar-refractivity contribution is 5.91. The summed E-state index contributed by atoms with van der Waals surface area (Å²) < 4.78 is 4.95. The number of hydrogen-bond donors (Lipinski definition) is 2. The second kappa shape index (κ2) is 7.78. The summed E-state index contributed by atoms with van der Waals surface area (Å²) in [7, 11) is 0. The first-order chi connectivity index (χ1) is 9.43. The van der Waals surface area contributed by atoms with Gasteiger partial charge in [0, 0.05) is 6.04 Å². The van der Waals surface area contributed by atoms with E-state index < -0.39 is 0 Å². The highest BCUT2D eigenvalue weighted by Crippen LogP contribution is 2.22. The lowest BCUT2D eigenvalue weighted by Gasteiger charge is -2.18. The molecule has 0 saturated heterocycles. The maximum Gasteiger partial charge on any atom is 0.338 e. The molecule has 1 rings (SSSR count). The van der Waals surface area contributed by atoms with Gasteiger partial charge in [0.15, 0.2) is 0 Å². The van der Waals surface area contributed by atoms with Crippen LogP contribution in [0.1, 0.15) is 50.9 Å². The molecule has 0 aliphatic rings. The molecule has 0 saturated carbocycles. The fraction of sp³-hybridized carbons (Fsp3) is 0.562. The van der Waals surface area contributed by atoms with Gasteiger partial charge < -0.3 is 15.8 Å². The van der Waals surface area contributed by atoms with Crippen molar-refractivity contribution in [2.75, 3.05) is 17.7 Å². The van der Waals surface area contributed by atoms with Crippen LogP contribution in [-0.4, -0.2) is 18.6 Å². The van der Waals surface area contributed by atoms with Crippen molar-refractivity contribution >= 4 is 17.3 Å². The minimum atomic E-state index is -0.335.